The number of pyridine rings is 1. The van der Waals surface area contributed by atoms with Crippen LogP contribution in [0.4, 0.5) is 11.5 Å². The molecule has 1 rings (SSSR count). The van der Waals surface area contributed by atoms with E-state index in [-0.39, 0.29) is 11.7 Å². The molecule has 0 spiro atoms. The lowest BCUT2D eigenvalue weighted by Crippen LogP contribution is -2.32. The van der Waals surface area contributed by atoms with Gasteiger partial charge in [-0.25, -0.2) is 4.98 Å². The summed E-state index contributed by atoms with van der Waals surface area (Å²) < 4.78 is 0. The minimum absolute atomic E-state index is 0.00559. The van der Waals surface area contributed by atoms with E-state index in [0.29, 0.717) is 5.92 Å². The first-order chi connectivity index (χ1) is 8.41. The lowest BCUT2D eigenvalue weighted by molar-refractivity contribution is -0.385. The van der Waals surface area contributed by atoms with Gasteiger partial charge in [0, 0.05) is 25.7 Å². The largest absolute Gasteiger partial charge is 0.360 e. The third kappa shape index (κ3) is 3.96. The molecule has 0 bridgehead atoms. The Balaban J connectivity index is 2.56. The Morgan fingerprint density at radius 2 is 2.17 bits per heavy atom. The van der Waals surface area contributed by atoms with Gasteiger partial charge in [0.2, 0.25) is 0 Å². The Bertz CT molecular complexity index is 392. The first-order valence-corrected chi connectivity index (χ1v) is 5.99. The molecule has 2 N–H and O–H groups in total. The van der Waals surface area contributed by atoms with Gasteiger partial charge in [0.15, 0.2) is 0 Å². The highest BCUT2D eigenvalue weighted by Gasteiger charge is 2.11. The molecule has 0 amide bonds. The zero-order chi connectivity index (χ0) is 13.7. The molecule has 0 saturated heterocycles. The molecule has 0 saturated carbocycles. The molecule has 6 heteroatoms. The van der Waals surface area contributed by atoms with Crippen LogP contribution >= 0.6 is 0 Å². The van der Waals surface area contributed by atoms with Crippen molar-refractivity contribution in [3.05, 3.63) is 28.4 Å². The van der Waals surface area contributed by atoms with Crippen LogP contribution in [0.2, 0.25) is 0 Å². The summed E-state index contributed by atoms with van der Waals surface area (Å²) in [5.41, 5.74) is 5.98. The highest BCUT2D eigenvalue weighted by Crippen LogP contribution is 2.15. The van der Waals surface area contributed by atoms with Gasteiger partial charge in [-0.2, -0.15) is 0 Å². The first kappa shape index (κ1) is 14.4. The number of nitrogens with two attached hydrogens (primary N) is 1. The van der Waals surface area contributed by atoms with Crippen LogP contribution in [0.3, 0.4) is 0 Å². The van der Waals surface area contributed by atoms with E-state index >= 15 is 0 Å². The third-order valence-electron chi connectivity index (χ3n) is 2.99. The fourth-order valence-corrected chi connectivity index (χ4v) is 1.50. The van der Waals surface area contributed by atoms with Crippen LogP contribution in [0.25, 0.3) is 0 Å². The minimum atomic E-state index is -0.453. The molecule has 0 radical (unpaired) electrons. The number of anilines is 1. The molecule has 0 aliphatic heterocycles. The first-order valence-electron chi connectivity index (χ1n) is 5.99. The second-order valence-corrected chi connectivity index (χ2v) is 4.75. The van der Waals surface area contributed by atoms with Gasteiger partial charge in [0.1, 0.15) is 12.0 Å². The summed E-state index contributed by atoms with van der Waals surface area (Å²) in [6, 6.07) is 3.27. The predicted octanol–water partition coefficient (Wildman–Crippen LogP) is 1.80. The fraction of sp³-hybridized carbons (Fsp3) is 0.583. The molecule has 6 nitrogen and oxygen atoms in total. The molecule has 0 aromatic carbocycles. The molecule has 1 unspecified atom stereocenters. The molecule has 0 aliphatic carbocycles. The highest BCUT2D eigenvalue weighted by atomic mass is 16.6. The summed E-state index contributed by atoms with van der Waals surface area (Å²) in [6.45, 7) is 4.97. The second kappa shape index (κ2) is 6.30. The summed E-state index contributed by atoms with van der Waals surface area (Å²) in [5.74, 6) is 1.17. The number of rotatable bonds is 6. The van der Waals surface area contributed by atoms with Gasteiger partial charge in [0.25, 0.3) is 5.69 Å². The van der Waals surface area contributed by atoms with Gasteiger partial charge < -0.3 is 10.6 Å². The number of hydrogen-bond donors (Lipinski definition) is 1. The molecule has 0 aliphatic rings. The molecule has 1 heterocycles. The van der Waals surface area contributed by atoms with Crippen LogP contribution in [-0.2, 0) is 0 Å². The van der Waals surface area contributed by atoms with E-state index in [0.717, 1.165) is 18.8 Å². The Labute approximate surface area is 107 Å². The Morgan fingerprint density at radius 3 is 2.61 bits per heavy atom. The monoisotopic (exact) mass is 252 g/mol. The van der Waals surface area contributed by atoms with Crippen molar-refractivity contribution in [3.63, 3.8) is 0 Å². The Hall–Kier alpha value is -1.69. The lowest BCUT2D eigenvalue weighted by atomic mass is 10.0. The van der Waals surface area contributed by atoms with Crippen molar-refractivity contribution in [3.8, 4) is 0 Å². The molecule has 0 fully saturated rings. The van der Waals surface area contributed by atoms with E-state index in [4.69, 9.17) is 5.73 Å². The van der Waals surface area contributed by atoms with E-state index in [9.17, 15) is 10.1 Å². The van der Waals surface area contributed by atoms with Crippen molar-refractivity contribution < 1.29 is 4.92 Å². The van der Waals surface area contributed by atoms with Crippen LogP contribution < -0.4 is 10.6 Å². The smallest absolute Gasteiger partial charge is 0.287 e. The quantitative estimate of drug-likeness (QED) is 0.616. The highest BCUT2D eigenvalue weighted by molar-refractivity contribution is 5.42. The van der Waals surface area contributed by atoms with Crippen molar-refractivity contribution in [2.45, 2.75) is 26.3 Å². The summed E-state index contributed by atoms with van der Waals surface area (Å²) in [5, 5.41) is 10.5. The van der Waals surface area contributed by atoms with Crippen LogP contribution in [0, 0.1) is 16.0 Å². The van der Waals surface area contributed by atoms with Crippen LogP contribution in [0.5, 0.6) is 0 Å². The minimum Gasteiger partial charge on any atom is -0.360 e. The zero-order valence-electron chi connectivity index (χ0n) is 11.0. The van der Waals surface area contributed by atoms with Gasteiger partial charge in [-0.3, -0.25) is 10.1 Å². The van der Waals surface area contributed by atoms with Gasteiger partial charge in [-0.15, -0.1) is 0 Å². The number of aromatic nitrogens is 1. The molecule has 18 heavy (non-hydrogen) atoms. The van der Waals surface area contributed by atoms with Gasteiger partial charge in [-0.05, 0) is 18.4 Å². The van der Waals surface area contributed by atoms with Crippen molar-refractivity contribution in [2.75, 3.05) is 18.5 Å². The van der Waals surface area contributed by atoms with E-state index in [1.807, 2.05) is 11.9 Å². The van der Waals surface area contributed by atoms with Crippen molar-refractivity contribution in [1.82, 2.24) is 4.98 Å². The van der Waals surface area contributed by atoms with E-state index in [1.165, 1.54) is 12.3 Å². The summed E-state index contributed by atoms with van der Waals surface area (Å²) in [7, 11) is 1.90. The molecule has 1 atom stereocenters. The molecular weight excluding hydrogens is 232 g/mol. The van der Waals surface area contributed by atoms with Gasteiger partial charge in [0.05, 0.1) is 4.92 Å². The maximum Gasteiger partial charge on any atom is 0.287 e. The van der Waals surface area contributed by atoms with Crippen LogP contribution in [0.1, 0.15) is 20.3 Å². The normalized spacial score (nSPS) is 12.5. The van der Waals surface area contributed by atoms with Crippen LogP contribution in [-0.4, -0.2) is 29.5 Å². The number of nitro groups is 1. The van der Waals surface area contributed by atoms with Crippen molar-refractivity contribution in [1.29, 1.82) is 0 Å². The van der Waals surface area contributed by atoms with Crippen LogP contribution in [0.15, 0.2) is 18.3 Å². The Morgan fingerprint density at radius 1 is 1.50 bits per heavy atom. The fourth-order valence-electron chi connectivity index (χ4n) is 1.50. The van der Waals surface area contributed by atoms with E-state index in [2.05, 4.69) is 18.8 Å². The third-order valence-corrected chi connectivity index (χ3v) is 2.99. The van der Waals surface area contributed by atoms with E-state index < -0.39 is 4.92 Å². The topological polar surface area (TPSA) is 85.3 Å². The summed E-state index contributed by atoms with van der Waals surface area (Å²) in [4.78, 5) is 16.1. The van der Waals surface area contributed by atoms with Gasteiger partial charge in [-0.1, -0.05) is 13.8 Å². The molecule has 100 valence electrons. The lowest BCUT2D eigenvalue weighted by Gasteiger charge is -2.22. The Kier molecular flexibility index (Phi) is 5.03. The predicted molar refractivity (Wildman–Crippen MR) is 71.6 cm³/mol. The second-order valence-electron chi connectivity index (χ2n) is 4.75. The molecule has 1 aromatic heterocycles. The zero-order valence-corrected chi connectivity index (χ0v) is 11.0. The molecule has 1 aromatic rings. The van der Waals surface area contributed by atoms with E-state index in [1.54, 1.807) is 6.07 Å². The number of hydrogen-bond acceptors (Lipinski definition) is 5. The summed E-state index contributed by atoms with van der Waals surface area (Å²) >= 11 is 0. The average molecular weight is 252 g/mol. The SMILES string of the molecule is CC(C)C(N)CCN(C)c1ccc([N+](=O)[O-])cn1. The standard InChI is InChI=1S/C12H20N4O2/c1-9(2)11(13)6-7-15(3)12-5-4-10(8-14-12)16(17)18/h4-5,8-9,11H,6-7,13H2,1-3H3. The molecular formula is C12H20N4O2. The number of nitrogens with zero attached hydrogens (tertiary/aromatic N) is 3. The van der Waals surface area contributed by atoms with Gasteiger partial charge >= 0.3 is 0 Å². The summed E-state index contributed by atoms with van der Waals surface area (Å²) in [6.07, 6.45) is 2.14. The average Bonchev–Trinajstić information content (AvgIpc) is 2.35. The maximum atomic E-state index is 10.5. The van der Waals surface area contributed by atoms with Crippen molar-refractivity contribution in [2.24, 2.45) is 11.7 Å². The maximum absolute atomic E-state index is 10.5. The van der Waals surface area contributed by atoms with Crippen molar-refractivity contribution >= 4 is 11.5 Å².